The molecule has 0 aliphatic carbocycles. The number of rotatable bonds is 7. The van der Waals surface area contributed by atoms with Crippen LogP contribution in [0, 0.1) is 13.8 Å². The highest BCUT2D eigenvalue weighted by Gasteiger charge is 2.22. The summed E-state index contributed by atoms with van der Waals surface area (Å²) in [6, 6.07) is 20.1. The zero-order valence-electron chi connectivity index (χ0n) is 19.1. The van der Waals surface area contributed by atoms with Gasteiger partial charge in [-0.2, -0.15) is 0 Å². The Labute approximate surface area is 194 Å². The number of sulfonamides is 1. The van der Waals surface area contributed by atoms with Crippen molar-refractivity contribution in [2.45, 2.75) is 18.7 Å². The molecule has 3 aromatic carbocycles. The number of benzene rings is 3. The third kappa shape index (κ3) is 5.40. The van der Waals surface area contributed by atoms with Gasteiger partial charge < -0.3 is 10.2 Å². The molecule has 172 valence electrons. The Bertz CT molecular complexity index is 1260. The highest BCUT2D eigenvalue weighted by Crippen LogP contribution is 2.22. The van der Waals surface area contributed by atoms with Gasteiger partial charge in [-0.05, 0) is 67.4 Å². The molecular formula is C25H27N3O4S. The summed E-state index contributed by atoms with van der Waals surface area (Å²) in [5.74, 6) is -0.699. The molecule has 0 fully saturated rings. The SMILES string of the molecule is Cc1cccc(NC(=O)CN(C)C(=O)c2ccc(S(=O)(=O)N(C)c3ccccc3)cc2)c1C. The molecule has 3 aromatic rings. The van der Waals surface area contributed by atoms with Crippen molar-refractivity contribution in [2.75, 3.05) is 30.3 Å². The smallest absolute Gasteiger partial charge is 0.264 e. The van der Waals surface area contributed by atoms with Crippen LogP contribution in [0.25, 0.3) is 0 Å². The minimum atomic E-state index is -3.77. The summed E-state index contributed by atoms with van der Waals surface area (Å²) >= 11 is 0. The number of nitrogens with one attached hydrogen (secondary N) is 1. The van der Waals surface area contributed by atoms with E-state index in [1.165, 1.54) is 47.6 Å². The van der Waals surface area contributed by atoms with Crippen molar-refractivity contribution in [1.29, 1.82) is 0 Å². The van der Waals surface area contributed by atoms with Gasteiger partial charge in [0.2, 0.25) is 5.91 Å². The van der Waals surface area contributed by atoms with Crippen molar-refractivity contribution in [2.24, 2.45) is 0 Å². The molecule has 0 saturated carbocycles. The largest absolute Gasteiger partial charge is 0.332 e. The molecule has 0 atom stereocenters. The first-order valence-electron chi connectivity index (χ1n) is 10.4. The molecule has 33 heavy (non-hydrogen) atoms. The van der Waals surface area contributed by atoms with Gasteiger partial charge in [0.1, 0.15) is 0 Å². The lowest BCUT2D eigenvalue weighted by Gasteiger charge is -2.20. The normalized spacial score (nSPS) is 11.0. The molecule has 0 saturated heterocycles. The van der Waals surface area contributed by atoms with Gasteiger partial charge >= 0.3 is 0 Å². The predicted molar refractivity (Wildman–Crippen MR) is 130 cm³/mol. The molecule has 0 aliphatic heterocycles. The van der Waals surface area contributed by atoms with Crippen LogP contribution in [0.4, 0.5) is 11.4 Å². The summed E-state index contributed by atoms with van der Waals surface area (Å²) in [4.78, 5) is 26.5. The summed E-state index contributed by atoms with van der Waals surface area (Å²) in [7, 11) is -0.767. The van der Waals surface area contributed by atoms with Gasteiger partial charge in [-0.1, -0.05) is 30.3 Å². The van der Waals surface area contributed by atoms with E-state index in [1.54, 1.807) is 24.3 Å². The van der Waals surface area contributed by atoms with Gasteiger partial charge in [0.05, 0.1) is 17.1 Å². The highest BCUT2D eigenvalue weighted by atomic mass is 32.2. The van der Waals surface area contributed by atoms with Crippen molar-refractivity contribution in [3.63, 3.8) is 0 Å². The molecule has 7 nitrogen and oxygen atoms in total. The molecule has 0 heterocycles. The summed E-state index contributed by atoms with van der Waals surface area (Å²) in [6.07, 6.45) is 0. The summed E-state index contributed by atoms with van der Waals surface area (Å²) in [6.45, 7) is 3.75. The summed E-state index contributed by atoms with van der Waals surface area (Å²) in [5.41, 5.74) is 3.56. The summed E-state index contributed by atoms with van der Waals surface area (Å²) < 4.78 is 27.0. The van der Waals surface area contributed by atoms with E-state index in [-0.39, 0.29) is 23.3 Å². The van der Waals surface area contributed by atoms with E-state index in [4.69, 9.17) is 0 Å². The number of carbonyl (C=O) groups is 2. The number of nitrogens with zero attached hydrogens (tertiary/aromatic N) is 2. The average molecular weight is 466 g/mol. The molecule has 3 rings (SSSR count). The molecule has 0 radical (unpaired) electrons. The third-order valence-electron chi connectivity index (χ3n) is 5.49. The van der Waals surface area contributed by atoms with Crippen molar-refractivity contribution in [3.05, 3.63) is 89.5 Å². The first-order chi connectivity index (χ1) is 15.6. The topological polar surface area (TPSA) is 86.8 Å². The number of aryl methyl sites for hydroxylation is 1. The predicted octanol–water partition coefficient (Wildman–Crippen LogP) is 3.84. The molecular weight excluding hydrogens is 438 g/mol. The number of anilines is 2. The first-order valence-corrected chi connectivity index (χ1v) is 11.8. The molecule has 0 aliphatic rings. The Hall–Kier alpha value is -3.65. The Kier molecular flexibility index (Phi) is 7.18. The van der Waals surface area contributed by atoms with Gasteiger partial charge in [-0.3, -0.25) is 13.9 Å². The molecule has 0 bridgehead atoms. The van der Waals surface area contributed by atoms with E-state index >= 15 is 0 Å². The molecule has 2 amide bonds. The van der Waals surface area contributed by atoms with Crippen molar-refractivity contribution >= 4 is 33.2 Å². The highest BCUT2D eigenvalue weighted by molar-refractivity contribution is 7.92. The fourth-order valence-corrected chi connectivity index (χ4v) is 4.48. The van der Waals surface area contributed by atoms with Gasteiger partial charge in [-0.15, -0.1) is 0 Å². The van der Waals surface area contributed by atoms with Crippen LogP contribution in [0.2, 0.25) is 0 Å². The van der Waals surface area contributed by atoms with Crippen LogP contribution >= 0.6 is 0 Å². The number of carbonyl (C=O) groups excluding carboxylic acids is 2. The molecule has 0 spiro atoms. The van der Waals surface area contributed by atoms with Crippen molar-refractivity contribution in [1.82, 2.24) is 4.90 Å². The van der Waals surface area contributed by atoms with E-state index in [0.717, 1.165) is 11.1 Å². The van der Waals surface area contributed by atoms with E-state index < -0.39 is 10.0 Å². The van der Waals surface area contributed by atoms with Crippen molar-refractivity contribution < 1.29 is 18.0 Å². The van der Waals surface area contributed by atoms with Gasteiger partial charge in [0.25, 0.3) is 15.9 Å². The zero-order valence-corrected chi connectivity index (χ0v) is 19.9. The fourth-order valence-electron chi connectivity index (χ4n) is 3.29. The Morgan fingerprint density at radius 3 is 2.12 bits per heavy atom. The minimum Gasteiger partial charge on any atom is -0.332 e. The maximum Gasteiger partial charge on any atom is 0.264 e. The lowest BCUT2D eigenvalue weighted by molar-refractivity contribution is -0.116. The Balaban J connectivity index is 1.68. The third-order valence-corrected chi connectivity index (χ3v) is 7.29. The lowest BCUT2D eigenvalue weighted by Crippen LogP contribution is -2.35. The Morgan fingerprint density at radius 2 is 1.48 bits per heavy atom. The zero-order chi connectivity index (χ0) is 24.2. The average Bonchev–Trinajstić information content (AvgIpc) is 2.81. The Morgan fingerprint density at radius 1 is 0.848 bits per heavy atom. The standard InChI is InChI=1S/C25H27N3O4S/c1-18-9-8-12-23(19(18)2)26-24(29)17-27(3)25(30)20-13-15-22(16-14-20)33(31,32)28(4)21-10-6-5-7-11-21/h5-16H,17H2,1-4H3,(H,26,29). The van der Waals surface area contributed by atoms with Gasteiger partial charge in [0, 0.05) is 25.3 Å². The van der Waals surface area contributed by atoms with Crippen LogP contribution in [0.5, 0.6) is 0 Å². The molecule has 1 N–H and O–H groups in total. The molecule has 0 aromatic heterocycles. The van der Waals surface area contributed by atoms with Crippen LogP contribution in [-0.2, 0) is 14.8 Å². The number of amides is 2. The minimum absolute atomic E-state index is 0.0701. The van der Waals surface area contributed by atoms with Crippen LogP contribution in [-0.4, -0.2) is 45.8 Å². The maximum atomic E-state index is 12.9. The van der Waals surface area contributed by atoms with Crippen LogP contribution in [0.15, 0.2) is 77.7 Å². The maximum absolute atomic E-state index is 12.9. The van der Waals surface area contributed by atoms with Crippen LogP contribution < -0.4 is 9.62 Å². The molecule has 8 heteroatoms. The fraction of sp³-hybridized carbons (Fsp3) is 0.200. The van der Waals surface area contributed by atoms with Crippen molar-refractivity contribution in [3.8, 4) is 0 Å². The van der Waals surface area contributed by atoms with Gasteiger partial charge in [0.15, 0.2) is 0 Å². The molecule has 0 unspecified atom stereocenters. The van der Waals surface area contributed by atoms with Crippen LogP contribution in [0.1, 0.15) is 21.5 Å². The van der Waals surface area contributed by atoms with Crippen LogP contribution in [0.3, 0.4) is 0 Å². The van der Waals surface area contributed by atoms with E-state index in [9.17, 15) is 18.0 Å². The van der Waals surface area contributed by atoms with E-state index in [2.05, 4.69) is 5.32 Å². The number of para-hydroxylation sites is 1. The quantitative estimate of drug-likeness (QED) is 0.574. The van der Waals surface area contributed by atoms with E-state index in [1.807, 2.05) is 38.1 Å². The second kappa shape index (κ2) is 9.87. The monoisotopic (exact) mass is 465 g/mol. The van der Waals surface area contributed by atoms with E-state index in [0.29, 0.717) is 16.9 Å². The van der Waals surface area contributed by atoms with Gasteiger partial charge in [-0.25, -0.2) is 8.42 Å². The summed E-state index contributed by atoms with van der Waals surface area (Å²) in [5, 5.41) is 2.83. The first kappa shape index (κ1) is 24.0. The number of likely N-dealkylation sites (N-methyl/N-ethyl adjacent to an activating group) is 1. The second-order valence-corrected chi connectivity index (χ2v) is 9.76. The number of hydrogen-bond acceptors (Lipinski definition) is 4. The second-order valence-electron chi connectivity index (χ2n) is 7.79. The number of hydrogen-bond donors (Lipinski definition) is 1. The lowest BCUT2D eigenvalue weighted by atomic mass is 10.1.